The minimum atomic E-state index is -1.27. The first-order valence-electron chi connectivity index (χ1n) is 9.85. The fraction of sp³-hybridized carbons (Fsp3) is 0.261. The van der Waals surface area contributed by atoms with Gasteiger partial charge in [-0.2, -0.15) is 0 Å². The summed E-state index contributed by atoms with van der Waals surface area (Å²) in [6.45, 7) is 5.40. The number of halogens is 1. The van der Waals surface area contributed by atoms with Gasteiger partial charge in [0.2, 0.25) is 12.3 Å². The van der Waals surface area contributed by atoms with Crippen molar-refractivity contribution in [3.8, 4) is 5.75 Å². The SMILES string of the molecule is CC(C)(C)NC(=O)C(c1c(C(=O)O)[nH]c2cc(Cl)ccc12)N(C=O)Cc1ccc(O)cc1. The third-order valence-corrected chi connectivity index (χ3v) is 5.04. The van der Waals surface area contributed by atoms with Crippen LogP contribution >= 0.6 is 11.6 Å². The Morgan fingerprint density at radius 3 is 2.41 bits per heavy atom. The molecule has 2 aromatic carbocycles. The van der Waals surface area contributed by atoms with Crippen LogP contribution in [0.3, 0.4) is 0 Å². The van der Waals surface area contributed by atoms with Gasteiger partial charge in [-0.3, -0.25) is 9.59 Å². The number of amides is 2. The van der Waals surface area contributed by atoms with Gasteiger partial charge in [0.15, 0.2) is 0 Å². The molecule has 0 bridgehead atoms. The van der Waals surface area contributed by atoms with Crippen LogP contribution in [0.4, 0.5) is 0 Å². The average Bonchev–Trinajstić information content (AvgIpc) is 3.06. The zero-order valence-corrected chi connectivity index (χ0v) is 18.6. The minimum absolute atomic E-state index is 0.0192. The normalized spacial score (nSPS) is 12.4. The molecule has 2 amide bonds. The van der Waals surface area contributed by atoms with Gasteiger partial charge in [-0.05, 0) is 50.6 Å². The number of phenolic OH excluding ortho intramolecular Hbond substituents is 1. The molecule has 0 radical (unpaired) electrons. The molecule has 1 unspecified atom stereocenters. The van der Waals surface area contributed by atoms with E-state index in [1.165, 1.54) is 17.0 Å². The molecule has 0 aliphatic heterocycles. The fourth-order valence-corrected chi connectivity index (χ4v) is 3.70. The third-order valence-electron chi connectivity index (χ3n) is 4.80. The number of carbonyl (C=O) groups excluding carboxylic acids is 2. The van der Waals surface area contributed by atoms with Crippen LogP contribution in [0.5, 0.6) is 5.75 Å². The first-order valence-corrected chi connectivity index (χ1v) is 10.2. The highest BCUT2D eigenvalue weighted by atomic mass is 35.5. The molecule has 0 fully saturated rings. The summed E-state index contributed by atoms with van der Waals surface area (Å²) in [5.74, 6) is -1.73. The number of aromatic hydroxyl groups is 1. The van der Waals surface area contributed by atoms with Crippen molar-refractivity contribution in [2.75, 3.05) is 0 Å². The number of carboxylic acid groups (broad SMARTS) is 1. The Balaban J connectivity index is 2.19. The predicted molar refractivity (Wildman–Crippen MR) is 121 cm³/mol. The standard InChI is InChI=1S/C23H24ClN3O5/c1-23(2,3)26-21(30)20(27(12-28)11-13-4-7-15(29)8-5-13)18-16-9-6-14(24)10-17(16)25-19(18)22(31)32/h4-10,12,20,25,29H,11H2,1-3H3,(H,26,30)(H,31,32). The molecule has 0 aliphatic carbocycles. The van der Waals surface area contributed by atoms with Crippen LogP contribution in [0.25, 0.3) is 10.9 Å². The number of fused-ring (bicyclic) bond motifs is 1. The van der Waals surface area contributed by atoms with Crippen LogP contribution in [0, 0.1) is 0 Å². The molecule has 1 atom stereocenters. The molecule has 1 heterocycles. The van der Waals surface area contributed by atoms with E-state index in [1.54, 1.807) is 51.1 Å². The lowest BCUT2D eigenvalue weighted by Crippen LogP contribution is -2.47. The fourth-order valence-electron chi connectivity index (χ4n) is 3.53. The van der Waals surface area contributed by atoms with Crippen LogP contribution in [0.2, 0.25) is 5.02 Å². The van der Waals surface area contributed by atoms with Gasteiger partial charge in [0.25, 0.3) is 0 Å². The number of aromatic nitrogens is 1. The maximum Gasteiger partial charge on any atom is 0.352 e. The molecule has 3 aromatic rings. The minimum Gasteiger partial charge on any atom is -0.508 e. The van der Waals surface area contributed by atoms with Crippen molar-refractivity contribution < 1.29 is 24.6 Å². The number of carbonyl (C=O) groups is 3. The molecule has 1 aromatic heterocycles. The van der Waals surface area contributed by atoms with E-state index in [0.717, 1.165) is 0 Å². The Bertz CT molecular complexity index is 1160. The molecule has 3 rings (SSSR count). The Labute approximate surface area is 189 Å². The second-order valence-corrected chi connectivity index (χ2v) is 8.93. The molecule has 8 nitrogen and oxygen atoms in total. The number of benzene rings is 2. The van der Waals surface area contributed by atoms with Crippen molar-refractivity contribution >= 4 is 40.8 Å². The van der Waals surface area contributed by atoms with E-state index in [1.807, 2.05) is 0 Å². The summed E-state index contributed by atoms with van der Waals surface area (Å²) in [4.78, 5) is 41.7. The van der Waals surface area contributed by atoms with Crippen molar-refractivity contribution in [3.63, 3.8) is 0 Å². The molecule has 168 valence electrons. The maximum atomic E-state index is 13.4. The van der Waals surface area contributed by atoms with Gasteiger partial charge < -0.3 is 25.4 Å². The number of carboxylic acids is 1. The average molecular weight is 458 g/mol. The van der Waals surface area contributed by atoms with Crippen molar-refractivity contribution in [2.24, 2.45) is 0 Å². The number of hydrogen-bond donors (Lipinski definition) is 4. The summed E-state index contributed by atoms with van der Waals surface area (Å²) >= 11 is 6.07. The number of nitrogens with one attached hydrogen (secondary N) is 2. The molecule has 4 N–H and O–H groups in total. The smallest absolute Gasteiger partial charge is 0.352 e. The van der Waals surface area contributed by atoms with Crippen molar-refractivity contribution in [3.05, 3.63) is 64.3 Å². The molecular weight excluding hydrogens is 434 g/mol. The molecule has 0 spiro atoms. The highest BCUT2D eigenvalue weighted by Gasteiger charge is 2.35. The van der Waals surface area contributed by atoms with Gasteiger partial charge in [-0.25, -0.2) is 4.79 Å². The number of phenols is 1. The van der Waals surface area contributed by atoms with Gasteiger partial charge in [-0.15, -0.1) is 0 Å². The largest absolute Gasteiger partial charge is 0.508 e. The van der Waals surface area contributed by atoms with E-state index in [-0.39, 0.29) is 23.6 Å². The number of aromatic amines is 1. The lowest BCUT2D eigenvalue weighted by molar-refractivity contribution is -0.134. The molecule has 32 heavy (non-hydrogen) atoms. The van der Waals surface area contributed by atoms with E-state index >= 15 is 0 Å². The van der Waals surface area contributed by atoms with Crippen LogP contribution in [-0.2, 0) is 16.1 Å². The van der Waals surface area contributed by atoms with Gasteiger partial charge in [0.1, 0.15) is 17.5 Å². The van der Waals surface area contributed by atoms with Gasteiger partial charge in [-0.1, -0.05) is 29.8 Å². The summed E-state index contributed by atoms with van der Waals surface area (Å²) in [6.07, 6.45) is 0.514. The first kappa shape index (κ1) is 23.1. The Hall–Kier alpha value is -3.52. The molecule has 0 saturated carbocycles. The van der Waals surface area contributed by atoms with Gasteiger partial charge in [0, 0.05) is 33.6 Å². The predicted octanol–water partition coefficient (Wildman–Crippen LogP) is 3.84. The van der Waals surface area contributed by atoms with Gasteiger partial charge >= 0.3 is 5.97 Å². The van der Waals surface area contributed by atoms with Crippen molar-refractivity contribution in [2.45, 2.75) is 38.9 Å². The highest BCUT2D eigenvalue weighted by molar-refractivity contribution is 6.31. The second kappa shape index (κ2) is 8.92. The number of hydrogen-bond acceptors (Lipinski definition) is 4. The van der Waals surface area contributed by atoms with Crippen molar-refractivity contribution in [1.82, 2.24) is 15.2 Å². The first-order chi connectivity index (χ1) is 15.0. The Morgan fingerprint density at radius 1 is 1.19 bits per heavy atom. The zero-order chi connectivity index (χ0) is 23.6. The van der Waals surface area contributed by atoms with E-state index in [0.29, 0.717) is 27.9 Å². The zero-order valence-electron chi connectivity index (χ0n) is 17.8. The number of aromatic carboxylic acids is 1. The molecule has 0 aliphatic rings. The van der Waals surface area contributed by atoms with Crippen LogP contribution in [0.15, 0.2) is 42.5 Å². The van der Waals surface area contributed by atoms with Crippen LogP contribution in [0.1, 0.15) is 48.4 Å². The highest BCUT2D eigenvalue weighted by Crippen LogP contribution is 2.34. The van der Waals surface area contributed by atoms with E-state index in [2.05, 4.69) is 10.3 Å². The van der Waals surface area contributed by atoms with Crippen LogP contribution in [-0.4, -0.2) is 43.9 Å². The monoisotopic (exact) mass is 457 g/mol. The summed E-state index contributed by atoms with van der Waals surface area (Å²) in [5, 5.41) is 23.1. The van der Waals surface area contributed by atoms with Crippen LogP contribution < -0.4 is 5.32 Å². The number of H-pyrrole nitrogens is 1. The molecule has 9 heteroatoms. The molecular formula is C23H24ClN3O5. The summed E-state index contributed by atoms with van der Waals surface area (Å²) in [7, 11) is 0. The number of nitrogens with zero attached hydrogens (tertiary/aromatic N) is 1. The quantitative estimate of drug-likeness (QED) is 0.401. The second-order valence-electron chi connectivity index (χ2n) is 8.49. The summed E-state index contributed by atoms with van der Waals surface area (Å²) in [6, 6.07) is 9.74. The number of rotatable bonds is 7. The van der Waals surface area contributed by atoms with Crippen molar-refractivity contribution in [1.29, 1.82) is 0 Å². The van der Waals surface area contributed by atoms with Gasteiger partial charge in [0.05, 0.1) is 0 Å². The van der Waals surface area contributed by atoms with E-state index in [9.17, 15) is 24.6 Å². The van der Waals surface area contributed by atoms with E-state index < -0.39 is 23.5 Å². The topological polar surface area (TPSA) is 123 Å². The lowest BCUT2D eigenvalue weighted by Gasteiger charge is -2.31. The lowest BCUT2D eigenvalue weighted by atomic mass is 9.98. The summed E-state index contributed by atoms with van der Waals surface area (Å²) in [5.41, 5.74) is 0.434. The summed E-state index contributed by atoms with van der Waals surface area (Å²) < 4.78 is 0. The molecule has 0 saturated heterocycles. The Morgan fingerprint density at radius 2 is 1.84 bits per heavy atom. The van der Waals surface area contributed by atoms with E-state index in [4.69, 9.17) is 11.6 Å². The maximum absolute atomic E-state index is 13.4. The third kappa shape index (κ3) is 5.03. The Kier molecular flexibility index (Phi) is 6.45.